The van der Waals surface area contributed by atoms with Gasteiger partial charge in [-0.1, -0.05) is 25.1 Å². The lowest BCUT2D eigenvalue weighted by Gasteiger charge is -2.06. The van der Waals surface area contributed by atoms with Gasteiger partial charge in [-0.25, -0.2) is 4.98 Å². The molecule has 3 N–H and O–H groups in total. The van der Waals surface area contributed by atoms with Crippen molar-refractivity contribution in [3.63, 3.8) is 0 Å². The Morgan fingerprint density at radius 2 is 2.09 bits per heavy atom. The highest BCUT2D eigenvalue weighted by atomic mass is 16.1. The minimum absolute atomic E-state index is 0.312. The maximum absolute atomic E-state index is 11.2. The topological polar surface area (TPSA) is 98.2 Å². The number of fused-ring (bicyclic) bond motifs is 1. The van der Waals surface area contributed by atoms with E-state index in [0.717, 1.165) is 5.69 Å². The van der Waals surface area contributed by atoms with Gasteiger partial charge >= 0.3 is 0 Å². The van der Waals surface area contributed by atoms with Crippen molar-refractivity contribution in [2.45, 2.75) is 13.3 Å². The minimum Gasteiger partial charge on any atom is -0.369 e. The van der Waals surface area contributed by atoms with Gasteiger partial charge in [0.15, 0.2) is 5.65 Å². The fourth-order valence-electron chi connectivity index (χ4n) is 2.08. The average molecular weight is 296 g/mol. The number of hydrogen-bond acceptors (Lipinski definition) is 5. The van der Waals surface area contributed by atoms with Crippen LogP contribution in [0, 0.1) is 5.92 Å². The zero-order valence-corrected chi connectivity index (χ0v) is 12.1. The number of carbonyl (C=O) groups is 1. The molecule has 0 aliphatic carbocycles. The summed E-state index contributed by atoms with van der Waals surface area (Å²) in [5, 5.41) is 7.53. The van der Waals surface area contributed by atoms with Crippen molar-refractivity contribution in [1.29, 1.82) is 0 Å². The van der Waals surface area contributed by atoms with E-state index < -0.39 is 0 Å². The van der Waals surface area contributed by atoms with Crippen molar-refractivity contribution in [2.75, 3.05) is 5.32 Å². The highest BCUT2D eigenvalue weighted by Crippen LogP contribution is 2.15. The first kappa shape index (κ1) is 14.0. The summed E-state index contributed by atoms with van der Waals surface area (Å²) in [7, 11) is 0. The summed E-state index contributed by atoms with van der Waals surface area (Å²) < 4.78 is 1.63. The Morgan fingerprint density at radius 3 is 2.82 bits per heavy atom. The quantitative estimate of drug-likeness (QED) is 0.744. The summed E-state index contributed by atoms with van der Waals surface area (Å²) in [5.41, 5.74) is 6.88. The van der Waals surface area contributed by atoms with Crippen molar-refractivity contribution in [1.82, 2.24) is 19.6 Å². The summed E-state index contributed by atoms with van der Waals surface area (Å²) in [6.07, 6.45) is 2.07. The van der Waals surface area contributed by atoms with Crippen molar-refractivity contribution >= 4 is 23.2 Å². The molecule has 0 spiro atoms. The van der Waals surface area contributed by atoms with E-state index in [1.807, 2.05) is 30.3 Å². The first-order valence-corrected chi connectivity index (χ1v) is 6.95. The molecule has 1 aromatic carbocycles. The zero-order valence-electron chi connectivity index (χ0n) is 12.1. The van der Waals surface area contributed by atoms with Crippen LogP contribution in [0.5, 0.6) is 0 Å². The molecule has 2 aromatic heterocycles. The van der Waals surface area contributed by atoms with Gasteiger partial charge in [-0.05, 0) is 12.1 Å². The van der Waals surface area contributed by atoms with E-state index in [1.54, 1.807) is 23.7 Å². The molecule has 7 nitrogen and oxygen atoms in total. The van der Waals surface area contributed by atoms with Gasteiger partial charge < -0.3 is 11.1 Å². The van der Waals surface area contributed by atoms with Crippen molar-refractivity contribution in [2.24, 2.45) is 11.7 Å². The Hall–Kier alpha value is -2.96. The second-order valence-corrected chi connectivity index (χ2v) is 5.07. The number of rotatable bonds is 5. The maximum Gasteiger partial charge on any atom is 0.247 e. The number of benzene rings is 1. The van der Waals surface area contributed by atoms with Gasteiger partial charge in [0.25, 0.3) is 0 Å². The second-order valence-electron chi connectivity index (χ2n) is 5.07. The monoisotopic (exact) mass is 296 g/mol. The largest absolute Gasteiger partial charge is 0.369 e. The van der Waals surface area contributed by atoms with E-state index in [9.17, 15) is 4.79 Å². The number of aromatic nitrogens is 4. The molecule has 7 heteroatoms. The summed E-state index contributed by atoms with van der Waals surface area (Å²) in [6, 6.07) is 11.4. The van der Waals surface area contributed by atoms with Crippen LogP contribution in [0.3, 0.4) is 0 Å². The van der Waals surface area contributed by atoms with Gasteiger partial charge in [0.05, 0.1) is 0 Å². The first-order chi connectivity index (χ1) is 10.6. The van der Waals surface area contributed by atoms with Crippen LogP contribution in [0.1, 0.15) is 12.7 Å². The Labute approximate surface area is 127 Å². The van der Waals surface area contributed by atoms with Gasteiger partial charge in [-0.2, -0.15) is 9.50 Å². The number of para-hydroxylation sites is 1. The molecule has 0 fully saturated rings. The normalized spacial score (nSPS) is 12.2. The van der Waals surface area contributed by atoms with Crippen LogP contribution in [0.15, 0.2) is 42.6 Å². The Bertz CT molecular complexity index is 798. The first-order valence-electron chi connectivity index (χ1n) is 6.95. The fraction of sp³-hybridized carbons (Fsp3) is 0.200. The molecule has 1 amide bonds. The molecular formula is C15H16N6O. The number of nitrogens with one attached hydrogen (secondary N) is 1. The smallest absolute Gasteiger partial charge is 0.247 e. The van der Waals surface area contributed by atoms with Gasteiger partial charge in [-0.15, -0.1) is 5.10 Å². The third-order valence-corrected chi connectivity index (χ3v) is 3.33. The minimum atomic E-state index is -0.360. The van der Waals surface area contributed by atoms with Gasteiger partial charge in [0.1, 0.15) is 5.82 Å². The molecule has 2 heterocycles. The Balaban J connectivity index is 1.91. The molecule has 0 unspecified atom stereocenters. The summed E-state index contributed by atoms with van der Waals surface area (Å²) >= 11 is 0. The van der Waals surface area contributed by atoms with E-state index in [4.69, 9.17) is 5.73 Å². The van der Waals surface area contributed by atoms with Crippen LogP contribution in [0.25, 0.3) is 5.65 Å². The van der Waals surface area contributed by atoms with Crippen molar-refractivity contribution in [3.05, 3.63) is 48.4 Å². The molecule has 0 saturated carbocycles. The Kier molecular flexibility index (Phi) is 3.69. The lowest BCUT2D eigenvalue weighted by molar-refractivity contribution is -0.121. The molecule has 0 aliphatic rings. The standard InChI is InChI=1S/C15H16N6O/c1-10(14(16)22)9-13-17-8-7-12-19-15(20-21(12)13)18-11-5-3-2-4-6-11/h2-8,10H,9H2,1H3,(H2,16,22)(H,18,20)/t10-/m0/s1. The SMILES string of the molecule is C[C@@H](Cc1nccc2nc(Nc3ccccc3)nn12)C(N)=O. The molecule has 0 saturated heterocycles. The van der Waals surface area contributed by atoms with E-state index in [-0.39, 0.29) is 11.8 Å². The second kappa shape index (κ2) is 5.80. The highest BCUT2D eigenvalue weighted by molar-refractivity contribution is 5.76. The molecular weight excluding hydrogens is 280 g/mol. The summed E-state index contributed by atoms with van der Waals surface area (Å²) in [4.78, 5) is 19.9. The van der Waals surface area contributed by atoms with E-state index >= 15 is 0 Å². The molecule has 112 valence electrons. The number of nitrogens with two attached hydrogens (primary N) is 1. The molecule has 0 radical (unpaired) electrons. The third kappa shape index (κ3) is 2.88. The van der Waals surface area contributed by atoms with Gasteiger partial charge in [-0.3, -0.25) is 4.79 Å². The van der Waals surface area contributed by atoms with E-state index in [0.29, 0.717) is 23.8 Å². The van der Waals surface area contributed by atoms with Crippen LogP contribution in [-0.4, -0.2) is 25.5 Å². The number of anilines is 2. The highest BCUT2D eigenvalue weighted by Gasteiger charge is 2.15. The number of hydrogen-bond donors (Lipinski definition) is 2. The number of amides is 1. The zero-order chi connectivity index (χ0) is 15.5. The predicted octanol–water partition coefficient (Wildman–Crippen LogP) is 1.53. The predicted molar refractivity (Wildman–Crippen MR) is 82.6 cm³/mol. The molecule has 22 heavy (non-hydrogen) atoms. The lowest BCUT2D eigenvalue weighted by atomic mass is 10.1. The molecule has 0 bridgehead atoms. The molecule has 3 aromatic rings. The van der Waals surface area contributed by atoms with Crippen molar-refractivity contribution < 1.29 is 4.79 Å². The van der Waals surface area contributed by atoms with E-state index in [1.165, 1.54) is 0 Å². The van der Waals surface area contributed by atoms with Crippen LogP contribution in [0.4, 0.5) is 11.6 Å². The summed E-state index contributed by atoms with van der Waals surface area (Å²) in [5.74, 6) is 0.457. The summed E-state index contributed by atoms with van der Waals surface area (Å²) in [6.45, 7) is 1.77. The molecule has 1 atom stereocenters. The van der Waals surface area contributed by atoms with Crippen LogP contribution in [-0.2, 0) is 11.2 Å². The third-order valence-electron chi connectivity index (χ3n) is 3.33. The lowest BCUT2D eigenvalue weighted by Crippen LogP contribution is -2.23. The number of primary amides is 1. The van der Waals surface area contributed by atoms with Gasteiger partial charge in [0.2, 0.25) is 11.9 Å². The molecule has 3 rings (SSSR count). The van der Waals surface area contributed by atoms with E-state index in [2.05, 4.69) is 20.4 Å². The van der Waals surface area contributed by atoms with Crippen molar-refractivity contribution in [3.8, 4) is 0 Å². The fourth-order valence-corrected chi connectivity index (χ4v) is 2.08. The van der Waals surface area contributed by atoms with Crippen LogP contribution in [0.2, 0.25) is 0 Å². The van der Waals surface area contributed by atoms with Crippen LogP contribution < -0.4 is 11.1 Å². The van der Waals surface area contributed by atoms with Gasteiger partial charge in [0, 0.05) is 30.3 Å². The number of carbonyl (C=O) groups excluding carboxylic acids is 1. The molecule has 0 aliphatic heterocycles. The Morgan fingerprint density at radius 1 is 1.32 bits per heavy atom. The van der Waals surface area contributed by atoms with Crippen LogP contribution >= 0.6 is 0 Å². The maximum atomic E-state index is 11.2. The average Bonchev–Trinajstić information content (AvgIpc) is 2.91. The number of nitrogens with zero attached hydrogens (tertiary/aromatic N) is 4.